The number of rotatable bonds is 8. The zero-order valence-corrected chi connectivity index (χ0v) is 25.8. The number of hydrogen-bond acceptors (Lipinski definition) is 11. The monoisotopic (exact) mass is 637 g/mol. The van der Waals surface area contributed by atoms with Gasteiger partial charge in [0.15, 0.2) is 11.3 Å². The minimum Gasteiger partial charge on any atom is -0.497 e. The molecule has 47 heavy (non-hydrogen) atoms. The Kier molecular flexibility index (Phi) is 7.57. The Morgan fingerprint density at radius 1 is 0.766 bits per heavy atom. The molecule has 3 aromatic heterocycles. The summed E-state index contributed by atoms with van der Waals surface area (Å²) in [6.07, 6.45) is 2.89. The first-order valence-corrected chi connectivity index (χ1v) is 15.0. The maximum absolute atomic E-state index is 11.2. The summed E-state index contributed by atoms with van der Waals surface area (Å²) < 4.78 is 10.8. The zero-order chi connectivity index (χ0) is 32.5. The van der Waals surface area contributed by atoms with Crippen LogP contribution in [0, 0.1) is 11.3 Å². The molecule has 0 aliphatic heterocycles. The van der Waals surface area contributed by atoms with E-state index < -0.39 is 5.97 Å². The normalized spacial score (nSPS) is 11.5. The molecule has 0 aliphatic rings. The van der Waals surface area contributed by atoms with Gasteiger partial charge in [0.05, 0.1) is 41.2 Å². The summed E-state index contributed by atoms with van der Waals surface area (Å²) in [6, 6.07) is 28.8. The van der Waals surface area contributed by atoms with E-state index in [1.807, 2.05) is 84.9 Å². The van der Waals surface area contributed by atoms with Crippen molar-refractivity contribution < 1.29 is 19.4 Å². The molecular formula is C35H23N7O4S. The number of methoxy groups -OCH3 is 2. The third-order valence-electron chi connectivity index (χ3n) is 7.39. The van der Waals surface area contributed by atoms with Crippen molar-refractivity contribution in [2.75, 3.05) is 19.1 Å². The summed E-state index contributed by atoms with van der Waals surface area (Å²) in [5, 5.41) is 18.6. The Balaban J connectivity index is 1.27. The Hall–Kier alpha value is -6.45. The molecule has 4 aromatic carbocycles. The molecule has 0 unspecified atom stereocenters. The lowest BCUT2D eigenvalue weighted by molar-refractivity contribution is -0.132. The van der Waals surface area contributed by atoms with Gasteiger partial charge in [-0.25, -0.2) is 29.7 Å². The SMILES string of the molecule is COc1ccc(N(c2ccc(OC)cc2)c2ccc3nc4nc5cc(-c6cnc(/C=C(\C#N)C(=O)O)s6)ccc5nc4nc3c2)cc1. The van der Waals surface area contributed by atoms with Crippen LogP contribution in [0.5, 0.6) is 11.5 Å². The quantitative estimate of drug-likeness (QED) is 0.101. The molecule has 0 amide bonds. The molecule has 228 valence electrons. The number of ether oxygens (including phenoxy) is 2. The van der Waals surface area contributed by atoms with Crippen LogP contribution >= 0.6 is 11.3 Å². The van der Waals surface area contributed by atoms with Crippen molar-refractivity contribution in [3.05, 3.63) is 102 Å². The van der Waals surface area contributed by atoms with Crippen LogP contribution in [0.3, 0.4) is 0 Å². The average Bonchev–Trinajstić information content (AvgIpc) is 3.58. The Bertz CT molecular complexity index is 2340. The van der Waals surface area contributed by atoms with E-state index in [0.29, 0.717) is 38.4 Å². The first-order chi connectivity index (χ1) is 22.9. The van der Waals surface area contributed by atoms with E-state index in [2.05, 4.69) is 9.88 Å². The minimum absolute atomic E-state index is 0.381. The fourth-order valence-corrected chi connectivity index (χ4v) is 5.92. The second kappa shape index (κ2) is 12.2. The lowest BCUT2D eigenvalue weighted by atomic mass is 10.1. The van der Waals surface area contributed by atoms with E-state index in [9.17, 15) is 4.79 Å². The molecule has 0 atom stereocenters. The van der Waals surface area contributed by atoms with Gasteiger partial charge in [-0.3, -0.25) is 0 Å². The van der Waals surface area contributed by atoms with Gasteiger partial charge < -0.3 is 19.5 Å². The van der Waals surface area contributed by atoms with Crippen LogP contribution in [0.1, 0.15) is 5.01 Å². The fraction of sp³-hybridized carbons (Fsp3) is 0.0571. The molecule has 0 aliphatic carbocycles. The lowest BCUT2D eigenvalue weighted by Crippen LogP contribution is -2.10. The third kappa shape index (κ3) is 5.74. The number of nitriles is 1. The zero-order valence-electron chi connectivity index (χ0n) is 24.9. The Morgan fingerprint density at radius 3 is 1.85 bits per heavy atom. The molecule has 11 nitrogen and oxygen atoms in total. The highest BCUT2D eigenvalue weighted by molar-refractivity contribution is 7.16. The smallest absolute Gasteiger partial charge is 0.346 e. The van der Waals surface area contributed by atoms with Gasteiger partial charge in [-0.1, -0.05) is 6.07 Å². The number of carboxylic acid groups (broad SMARTS) is 1. The Morgan fingerprint density at radius 2 is 1.30 bits per heavy atom. The summed E-state index contributed by atoms with van der Waals surface area (Å²) in [5.41, 5.74) is 6.61. The number of aromatic nitrogens is 5. The Labute approximate surface area is 271 Å². The molecule has 0 radical (unpaired) electrons. The van der Waals surface area contributed by atoms with Crippen molar-refractivity contribution in [1.82, 2.24) is 24.9 Å². The maximum Gasteiger partial charge on any atom is 0.346 e. The second-order valence-electron chi connectivity index (χ2n) is 10.2. The summed E-state index contributed by atoms with van der Waals surface area (Å²) >= 11 is 1.27. The summed E-state index contributed by atoms with van der Waals surface area (Å²) in [6.45, 7) is 0. The van der Waals surface area contributed by atoms with E-state index in [1.165, 1.54) is 17.4 Å². The lowest BCUT2D eigenvalue weighted by Gasteiger charge is -2.26. The standard InChI is InChI=1S/C35H23N7O4S/c1-45-25-9-4-22(5-10-25)42(23-6-11-26(46-2)12-7-23)24-8-14-28-30(17-24)41-34-33(39-28)40-29-15-20(3-13-27(29)38-34)31-19-37-32(47-31)16-21(18-36)35(43)44/h3-17,19H,1-2H3,(H,43,44)/b21-16+. The molecule has 1 N–H and O–H groups in total. The number of aliphatic carboxylic acids is 1. The van der Waals surface area contributed by atoms with E-state index in [-0.39, 0.29) is 5.57 Å². The van der Waals surface area contributed by atoms with Gasteiger partial charge in [-0.2, -0.15) is 5.26 Å². The van der Waals surface area contributed by atoms with Crippen LogP contribution in [0.25, 0.3) is 49.9 Å². The number of nitrogens with zero attached hydrogens (tertiary/aromatic N) is 7. The number of hydrogen-bond donors (Lipinski definition) is 1. The van der Waals surface area contributed by atoms with E-state index in [4.69, 9.17) is 39.8 Å². The van der Waals surface area contributed by atoms with Crippen LogP contribution in [0.4, 0.5) is 17.1 Å². The fourth-order valence-electron chi connectivity index (χ4n) is 5.07. The molecule has 7 aromatic rings. The van der Waals surface area contributed by atoms with Gasteiger partial charge >= 0.3 is 5.97 Å². The highest BCUT2D eigenvalue weighted by Crippen LogP contribution is 2.37. The predicted octanol–water partition coefficient (Wildman–Crippen LogP) is 7.33. The number of anilines is 3. The predicted molar refractivity (Wildman–Crippen MR) is 180 cm³/mol. The maximum atomic E-state index is 11.2. The van der Waals surface area contributed by atoms with Gasteiger partial charge in [0, 0.05) is 23.3 Å². The average molecular weight is 638 g/mol. The van der Waals surface area contributed by atoms with Gasteiger partial charge in [-0.15, -0.1) is 11.3 Å². The largest absolute Gasteiger partial charge is 0.497 e. The van der Waals surface area contributed by atoms with Crippen molar-refractivity contribution >= 4 is 73.8 Å². The summed E-state index contributed by atoms with van der Waals surface area (Å²) in [5.74, 6) is 0.223. The highest BCUT2D eigenvalue weighted by Gasteiger charge is 2.16. The number of fused-ring (bicyclic) bond motifs is 3. The van der Waals surface area contributed by atoms with Crippen molar-refractivity contribution in [2.45, 2.75) is 0 Å². The van der Waals surface area contributed by atoms with Crippen molar-refractivity contribution in [3.8, 4) is 28.0 Å². The highest BCUT2D eigenvalue weighted by atomic mass is 32.1. The van der Waals surface area contributed by atoms with Gasteiger partial charge in [0.25, 0.3) is 0 Å². The minimum atomic E-state index is -1.30. The van der Waals surface area contributed by atoms with Crippen LogP contribution in [0.2, 0.25) is 0 Å². The molecule has 12 heteroatoms. The first-order valence-electron chi connectivity index (χ1n) is 14.2. The van der Waals surface area contributed by atoms with Gasteiger partial charge in [0.2, 0.25) is 0 Å². The molecule has 3 heterocycles. The molecule has 0 spiro atoms. The van der Waals surface area contributed by atoms with Crippen LogP contribution in [-0.2, 0) is 4.79 Å². The number of thiazole rings is 1. The van der Waals surface area contributed by atoms with E-state index in [1.54, 1.807) is 26.5 Å². The molecular weight excluding hydrogens is 614 g/mol. The number of benzene rings is 4. The topological polar surface area (TPSA) is 147 Å². The van der Waals surface area contributed by atoms with Crippen molar-refractivity contribution in [3.63, 3.8) is 0 Å². The van der Waals surface area contributed by atoms with Crippen LogP contribution < -0.4 is 14.4 Å². The molecule has 0 bridgehead atoms. The second-order valence-corrected chi connectivity index (χ2v) is 11.3. The summed E-state index contributed by atoms with van der Waals surface area (Å²) in [7, 11) is 3.28. The third-order valence-corrected chi connectivity index (χ3v) is 8.38. The van der Waals surface area contributed by atoms with Crippen LogP contribution in [-0.4, -0.2) is 50.2 Å². The van der Waals surface area contributed by atoms with Gasteiger partial charge in [0.1, 0.15) is 28.1 Å². The molecule has 0 fully saturated rings. The molecule has 0 saturated carbocycles. The number of carboxylic acids is 1. The van der Waals surface area contributed by atoms with Crippen molar-refractivity contribution in [1.29, 1.82) is 5.26 Å². The molecule has 0 saturated heterocycles. The van der Waals surface area contributed by atoms with E-state index >= 15 is 0 Å². The number of carbonyl (C=O) groups is 1. The summed E-state index contributed by atoms with van der Waals surface area (Å²) in [4.78, 5) is 37.5. The van der Waals surface area contributed by atoms with Crippen LogP contribution in [0.15, 0.2) is 96.7 Å². The first kappa shape index (κ1) is 29.3. The van der Waals surface area contributed by atoms with Crippen molar-refractivity contribution in [2.24, 2.45) is 0 Å². The van der Waals surface area contributed by atoms with Gasteiger partial charge in [-0.05, 0) is 90.5 Å². The van der Waals surface area contributed by atoms with E-state index in [0.717, 1.165) is 39.0 Å². The molecule has 7 rings (SSSR count).